The van der Waals surface area contributed by atoms with Gasteiger partial charge >= 0.3 is 0 Å². The Bertz CT molecular complexity index is 103. The van der Waals surface area contributed by atoms with Gasteiger partial charge in [0.15, 0.2) is 6.67 Å². The number of hydrogen-bond acceptors (Lipinski definition) is 0. The Morgan fingerprint density at radius 2 is 1.91 bits per heavy atom. The van der Waals surface area contributed by atoms with E-state index in [4.69, 9.17) is 0 Å². The van der Waals surface area contributed by atoms with Crippen LogP contribution in [0.5, 0.6) is 0 Å². The zero-order valence-electron chi connectivity index (χ0n) is 6.12. The molecule has 0 saturated heterocycles. The van der Waals surface area contributed by atoms with Crippen LogP contribution in [0, 0.1) is 6.92 Å². The van der Waals surface area contributed by atoms with E-state index in [1.54, 1.807) is 0 Å². The topological polar surface area (TPSA) is 0 Å². The van der Waals surface area contributed by atoms with E-state index in [0.717, 1.165) is 0 Å². The Balaban J connectivity index is 3.64. The molecule has 0 aliphatic heterocycles. The van der Waals surface area contributed by atoms with Crippen molar-refractivity contribution in [2.24, 2.45) is 0 Å². The standard InChI is InChI=1S/C7H11F4/c1-2-3-6(9)4-7(10,11)5-8/h6H,1-5H2/t6-/m0/s1. The monoisotopic (exact) mass is 171 g/mol. The van der Waals surface area contributed by atoms with E-state index in [1.165, 1.54) is 0 Å². The predicted octanol–water partition coefficient (Wildman–Crippen LogP) is 2.93. The molecule has 0 saturated carbocycles. The van der Waals surface area contributed by atoms with Crippen LogP contribution in [0.2, 0.25) is 0 Å². The Hall–Kier alpha value is -0.280. The van der Waals surface area contributed by atoms with Crippen molar-refractivity contribution in [1.29, 1.82) is 0 Å². The van der Waals surface area contributed by atoms with E-state index in [2.05, 4.69) is 6.92 Å². The lowest BCUT2D eigenvalue weighted by Crippen LogP contribution is -2.23. The molecule has 0 aromatic heterocycles. The molecular formula is C7H11F4. The number of hydrogen-bond donors (Lipinski definition) is 0. The fourth-order valence-electron chi connectivity index (χ4n) is 0.702. The summed E-state index contributed by atoms with van der Waals surface area (Å²) in [4.78, 5) is 0. The lowest BCUT2D eigenvalue weighted by atomic mass is 10.1. The SMILES string of the molecule is [CH2]CC[C@H](F)CC(F)(F)CF. The highest BCUT2D eigenvalue weighted by Gasteiger charge is 2.32. The van der Waals surface area contributed by atoms with E-state index in [9.17, 15) is 17.6 Å². The molecule has 0 heterocycles. The third-order valence-corrected chi connectivity index (χ3v) is 1.23. The Kier molecular flexibility index (Phi) is 4.45. The molecule has 0 N–H and O–H groups in total. The van der Waals surface area contributed by atoms with Gasteiger partial charge in [-0.1, -0.05) is 13.3 Å². The van der Waals surface area contributed by atoms with E-state index in [1.807, 2.05) is 0 Å². The molecule has 0 fully saturated rings. The second kappa shape index (κ2) is 4.57. The third kappa shape index (κ3) is 5.04. The first kappa shape index (κ1) is 10.7. The molecule has 0 bridgehead atoms. The largest absolute Gasteiger partial charge is 0.278 e. The van der Waals surface area contributed by atoms with Crippen molar-refractivity contribution in [3.05, 3.63) is 6.92 Å². The van der Waals surface area contributed by atoms with Crippen LogP contribution in [-0.4, -0.2) is 18.8 Å². The molecule has 0 aromatic carbocycles. The van der Waals surface area contributed by atoms with Gasteiger partial charge in [-0.2, -0.15) is 0 Å². The lowest BCUT2D eigenvalue weighted by molar-refractivity contribution is -0.0483. The van der Waals surface area contributed by atoms with Gasteiger partial charge in [0.05, 0.1) is 0 Å². The van der Waals surface area contributed by atoms with Gasteiger partial charge in [-0.25, -0.2) is 17.6 Å². The van der Waals surface area contributed by atoms with Crippen molar-refractivity contribution in [3.8, 4) is 0 Å². The Morgan fingerprint density at radius 3 is 2.27 bits per heavy atom. The molecule has 0 amide bonds. The van der Waals surface area contributed by atoms with Crippen LogP contribution >= 0.6 is 0 Å². The van der Waals surface area contributed by atoms with Crippen LogP contribution in [0.25, 0.3) is 0 Å². The van der Waals surface area contributed by atoms with Gasteiger partial charge in [-0.15, -0.1) is 0 Å². The average molecular weight is 171 g/mol. The third-order valence-electron chi connectivity index (χ3n) is 1.23. The minimum absolute atomic E-state index is 0.0322. The van der Waals surface area contributed by atoms with Crippen molar-refractivity contribution in [3.63, 3.8) is 0 Å². The highest BCUT2D eigenvalue weighted by Crippen LogP contribution is 2.24. The van der Waals surface area contributed by atoms with Crippen molar-refractivity contribution in [2.75, 3.05) is 6.67 Å². The van der Waals surface area contributed by atoms with Gasteiger partial charge < -0.3 is 0 Å². The first-order valence-corrected chi connectivity index (χ1v) is 3.39. The molecule has 0 rings (SSSR count). The van der Waals surface area contributed by atoms with Crippen molar-refractivity contribution in [2.45, 2.75) is 31.4 Å². The van der Waals surface area contributed by atoms with Gasteiger partial charge in [0.2, 0.25) is 0 Å². The molecule has 1 atom stereocenters. The summed E-state index contributed by atoms with van der Waals surface area (Å²) >= 11 is 0. The Morgan fingerprint density at radius 1 is 1.36 bits per heavy atom. The van der Waals surface area contributed by atoms with Crippen LogP contribution in [0.4, 0.5) is 17.6 Å². The molecule has 0 spiro atoms. The molecule has 0 aromatic rings. The fraction of sp³-hybridized carbons (Fsp3) is 0.857. The molecule has 0 aliphatic rings. The van der Waals surface area contributed by atoms with Crippen LogP contribution in [0.3, 0.4) is 0 Å². The summed E-state index contributed by atoms with van der Waals surface area (Å²) < 4.78 is 48.0. The first-order chi connectivity index (χ1) is 5.02. The minimum atomic E-state index is -3.51. The zero-order chi connectivity index (χ0) is 8.91. The van der Waals surface area contributed by atoms with Crippen LogP contribution in [0.1, 0.15) is 19.3 Å². The first-order valence-electron chi connectivity index (χ1n) is 3.39. The molecular weight excluding hydrogens is 160 g/mol. The smallest absolute Gasteiger partial charge is 0.247 e. The zero-order valence-corrected chi connectivity index (χ0v) is 6.12. The van der Waals surface area contributed by atoms with Crippen molar-refractivity contribution in [1.82, 2.24) is 0 Å². The minimum Gasteiger partial charge on any atom is -0.247 e. The van der Waals surface area contributed by atoms with Crippen LogP contribution in [0.15, 0.2) is 0 Å². The second-order valence-corrected chi connectivity index (χ2v) is 2.43. The summed E-state index contributed by atoms with van der Waals surface area (Å²) in [6, 6.07) is 0. The summed E-state index contributed by atoms with van der Waals surface area (Å²) in [5, 5.41) is 0. The highest BCUT2D eigenvalue weighted by molar-refractivity contribution is 4.70. The van der Waals surface area contributed by atoms with Gasteiger partial charge in [0.1, 0.15) is 6.17 Å². The quantitative estimate of drug-likeness (QED) is 0.558. The maximum atomic E-state index is 12.4. The molecule has 1 radical (unpaired) electrons. The summed E-state index contributed by atoms with van der Waals surface area (Å²) in [7, 11) is 0. The average Bonchev–Trinajstić information content (AvgIpc) is 1.87. The lowest BCUT2D eigenvalue weighted by Gasteiger charge is -2.14. The number of halogens is 4. The number of alkyl halides is 4. The van der Waals surface area contributed by atoms with E-state index >= 15 is 0 Å². The molecule has 4 heteroatoms. The summed E-state index contributed by atoms with van der Waals surface area (Å²) in [5.74, 6) is -3.51. The summed E-state index contributed by atoms with van der Waals surface area (Å²) in [5.41, 5.74) is 0. The molecule has 0 nitrogen and oxygen atoms in total. The molecule has 11 heavy (non-hydrogen) atoms. The predicted molar refractivity (Wildman–Crippen MR) is 35.0 cm³/mol. The van der Waals surface area contributed by atoms with Crippen LogP contribution < -0.4 is 0 Å². The van der Waals surface area contributed by atoms with E-state index < -0.39 is 25.2 Å². The number of rotatable bonds is 5. The second-order valence-electron chi connectivity index (χ2n) is 2.43. The van der Waals surface area contributed by atoms with Crippen molar-refractivity contribution < 1.29 is 17.6 Å². The maximum absolute atomic E-state index is 12.4. The van der Waals surface area contributed by atoms with E-state index in [-0.39, 0.29) is 12.8 Å². The van der Waals surface area contributed by atoms with Crippen molar-refractivity contribution >= 4 is 0 Å². The summed E-state index contributed by atoms with van der Waals surface area (Å²) in [6.07, 6.45) is -2.45. The normalized spacial score (nSPS) is 15.0. The van der Waals surface area contributed by atoms with E-state index in [0.29, 0.717) is 0 Å². The summed E-state index contributed by atoms with van der Waals surface area (Å²) in [6.45, 7) is 1.52. The Labute approximate surface area is 63.6 Å². The molecule has 0 unspecified atom stereocenters. The van der Waals surface area contributed by atoms with Gasteiger partial charge in [0.25, 0.3) is 5.92 Å². The maximum Gasteiger partial charge on any atom is 0.278 e. The molecule has 67 valence electrons. The fourth-order valence-corrected chi connectivity index (χ4v) is 0.702. The van der Waals surface area contributed by atoms with Gasteiger partial charge in [-0.05, 0) is 6.42 Å². The van der Waals surface area contributed by atoms with Gasteiger partial charge in [-0.3, -0.25) is 0 Å². The van der Waals surface area contributed by atoms with Gasteiger partial charge in [0, 0.05) is 6.42 Å². The highest BCUT2D eigenvalue weighted by atomic mass is 19.3. The van der Waals surface area contributed by atoms with Crippen LogP contribution in [-0.2, 0) is 0 Å². The molecule has 0 aliphatic carbocycles.